The first-order valence-electron chi connectivity index (χ1n) is 13.3. The number of hydrogen-bond acceptors (Lipinski definition) is 2. The highest BCUT2D eigenvalue weighted by Crippen LogP contribution is 2.76. The lowest BCUT2D eigenvalue weighted by Gasteiger charge is -2.73. The Labute approximate surface area is 203 Å². The molecule has 2 nitrogen and oxygen atoms in total. The van der Waals surface area contributed by atoms with E-state index in [4.69, 9.17) is 5.73 Å². The number of Topliss-reactive ketones (excluding diaryl/α,β-unsaturated/α-hetero) is 1. The Balaban J connectivity index is 0.00000245. The number of hydrogen-bond donors (Lipinski definition) is 1. The molecule has 0 aromatic heterocycles. The van der Waals surface area contributed by atoms with Crippen LogP contribution in [0, 0.1) is 57.7 Å². The zero-order valence-electron chi connectivity index (χ0n) is 21.5. The molecule has 32 heavy (non-hydrogen) atoms. The Bertz CT molecular complexity index is 801. The number of allylic oxidation sites excluding steroid dienone is 1. The fourth-order valence-corrected chi connectivity index (χ4v) is 10.9. The molecule has 9 atom stereocenters. The lowest BCUT2D eigenvalue weighted by Crippen LogP contribution is -2.76. The number of ketones is 1. The zero-order chi connectivity index (χ0) is 22.6. The highest BCUT2D eigenvalue weighted by atomic mass is 35.5. The van der Waals surface area contributed by atoms with Crippen LogP contribution < -0.4 is 5.73 Å². The van der Waals surface area contributed by atoms with Crippen molar-refractivity contribution in [2.24, 2.45) is 63.4 Å². The fourth-order valence-electron chi connectivity index (χ4n) is 10.9. The molecule has 0 radical (unpaired) electrons. The smallest absolute Gasteiger partial charge is 0.133 e. The number of nitrogens with two attached hydrogens (primary N) is 1. The summed E-state index contributed by atoms with van der Waals surface area (Å²) in [6.07, 6.45) is 10.6. The maximum atomic E-state index is 12.2. The van der Waals surface area contributed by atoms with Crippen LogP contribution in [0.5, 0.6) is 0 Å². The molecule has 9 unspecified atom stereocenters. The van der Waals surface area contributed by atoms with Crippen molar-refractivity contribution in [1.82, 2.24) is 0 Å². The SMILES string of the molecule is C=C(C)C1CCC2(N)C1(C)C1CCC3C4CCC(=O)CC4CCC3C1C(C)(C)C2(C)C.Cl. The van der Waals surface area contributed by atoms with Crippen molar-refractivity contribution in [3.05, 3.63) is 12.2 Å². The summed E-state index contributed by atoms with van der Waals surface area (Å²) in [5, 5.41) is 0. The van der Waals surface area contributed by atoms with Gasteiger partial charge in [0.1, 0.15) is 5.78 Å². The summed E-state index contributed by atoms with van der Waals surface area (Å²) in [5.74, 6) is 5.65. The lowest BCUT2D eigenvalue weighted by molar-refractivity contribution is -0.228. The Morgan fingerprint density at radius 2 is 1.59 bits per heavy atom. The van der Waals surface area contributed by atoms with Gasteiger partial charge in [0.15, 0.2) is 0 Å². The van der Waals surface area contributed by atoms with Gasteiger partial charge in [-0.1, -0.05) is 46.8 Å². The fraction of sp³-hybridized carbons (Fsp3) is 0.897. The van der Waals surface area contributed by atoms with Gasteiger partial charge >= 0.3 is 0 Å². The third-order valence-electron chi connectivity index (χ3n) is 13.0. The second-order valence-electron chi connectivity index (χ2n) is 13.9. The zero-order valence-corrected chi connectivity index (χ0v) is 22.3. The summed E-state index contributed by atoms with van der Waals surface area (Å²) in [7, 11) is 0. The van der Waals surface area contributed by atoms with Crippen molar-refractivity contribution in [1.29, 1.82) is 0 Å². The molecule has 182 valence electrons. The summed E-state index contributed by atoms with van der Waals surface area (Å²) in [6.45, 7) is 19.5. The minimum absolute atomic E-state index is 0. The maximum absolute atomic E-state index is 12.2. The van der Waals surface area contributed by atoms with Crippen molar-refractivity contribution in [2.75, 3.05) is 0 Å². The molecule has 0 amide bonds. The van der Waals surface area contributed by atoms with Crippen molar-refractivity contribution in [3.63, 3.8) is 0 Å². The summed E-state index contributed by atoms with van der Waals surface area (Å²) >= 11 is 0. The average molecular weight is 462 g/mol. The Kier molecular flexibility index (Phi) is 5.87. The Morgan fingerprint density at radius 1 is 0.938 bits per heavy atom. The van der Waals surface area contributed by atoms with Gasteiger partial charge in [-0.2, -0.15) is 0 Å². The number of fused-ring (bicyclic) bond motifs is 7. The minimum atomic E-state index is -0.129. The molecule has 2 N–H and O–H groups in total. The standard InChI is InChI=1S/C29H47NO.ClH/c1-17(2)23-14-15-29(30)27(5,6)26(3,4)25-22-10-8-18-16-19(31)9-11-20(18)21(22)12-13-24(25)28(23,29)7;/h18,20-25H,1,8-16,30H2,2-7H3;1H. The van der Waals surface area contributed by atoms with Crippen LogP contribution in [0.3, 0.4) is 0 Å². The highest BCUT2D eigenvalue weighted by Gasteiger charge is 2.75. The topological polar surface area (TPSA) is 43.1 Å². The predicted molar refractivity (Wildman–Crippen MR) is 136 cm³/mol. The largest absolute Gasteiger partial charge is 0.324 e. The van der Waals surface area contributed by atoms with E-state index in [1.807, 2.05) is 0 Å². The molecular weight excluding hydrogens is 414 g/mol. The molecular formula is C29H48ClNO. The number of carbonyl (C=O) groups is 1. The minimum Gasteiger partial charge on any atom is -0.324 e. The normalized spacial score (nSPS) is 50.8. The van der Waals surface area contributed by atoms with Gasteiger partial charge in [-0.15, -0.1) is 12.4 Å². The van der Waals surface area contributed by atoms with E-state index in [0.717, 1.165) is 42.9 Å². The molecule has 3 heteroatoms. The summed E-state index contributed by atoms with van der Waals surface area (Å²) < 4.78 is 0. The van der Waals surface area contributed by atoms with E-state index in [1.165, 1.54) is 44.1 Å². The Morgan fingerprint density at radius 3 is 2.25 bits per heavy atom. The van der Waals surface area contributed by atoms with Gasteiger partial charge in [-0.3, -0.25) is 4.79 Å². The Hall–Kier alpha value is -0.340. The van der Waals surface area contributed by atoms with Crippen LogP contribution in [0.1, 0.15) is 99.3 Å². The molecule has 0 bridgehead atoms. The van der Waals surface area contributed by atoms with Crippen molar-refractivity contribution >= 4 is 18.2 Å². The first-order valence-corrected chi connectivity index (χ1v) is 13.3. The molecule has 5 aliphatic rings. The van der Waals surface area contributed by atoms with Crippen LogP contribution in [0.2, 0.25) is 0 Å². The van der Waals surface area contributed by atoms with Crippen LogP contribution in [0.15, 0.2) is 12.2 Å². The molecule has 0 saturated heterocycles. The van der Waals surface area contributed by atoms with E-state index in [2.05, 4.69) is 48.1 Å². The first-order chi connectivity index (χ1) is 14.4. The maximum Gasteiger partial charge on any atom is 0.133 e. The van der Waals surface area contributed by atoms with Gasteiger partial charge < -0.3 is 5.73 Å². The quantitative estimate of drug-likeness (QED) is 0.419. The molecule has 5 aliphatic carbocycles. The van der Waals surface area contributed by atoms with Crippen LogP contribution in [-0.4, -0.2) is 11.3 Å². The summed E-state index contributed by atoms with van der Waals surface area (Å²) in [6, 6.07) is 0. The number of rotatable bonds is 1. The van der Waals surface area contributed by atoms with Gasteiger partial charge in [0, 0.05) is 18.4 Å². The van der Waals surface area contributed by atoms with Crippen molar-refractivity contribution in [3.8, 4) is 0 Å². The molecule has 0 aromatic carbocycles. The second-order valence-corrected chi connectivity index (χ2v) is 13.9. The van der Waals surface area contributed by atoms with Crippen LogP contribution in [-0.2, 0) is 4.79 Å². The van der Waals surface area contributed by atoms with E-state index in [9.17, 15) is 4.79 Å². The van der Waals surface area contributed by atoms with Crippen LogP contribution in [0.4, 0.5) is 0 Å². The monoisotopic (exact) mass is 461 g/mol. The summed E-state index contributed by atoms with van der Waals surface area (Å²) in [4.78, 5) is 12.2. The van der Waals surface area contributed by atoms with E-state index >= 15 is 0 Å². The van der Waals surface area contributed by atoms with E-state index < -0.39 is 0 Å². The van der Waals surface area contributed by atoms with Gasteiger partial charge in [0.05, 0.1) is 0 Å². The van der Waals surface area contributed by atoms with E-state index in [-0.39, 0.29) is 34.2 Å². The first kappa shape index (κ1) is 24.8. The third-order valence-corrected chi connectivity index (χ3v) is 13.0. The molecule has 5 saturated carbocycles. The van der Waals surface area contributed by atoms with Gasteiger partial charge in [-0.05, 0) is 110 Å². The van der Waals surface area contributed by atoms with E-state index in [0.29, 0.717) is 23.5 Å². The van der Waals surface area contributed by atoms with Gasteiger partial charge in [0.25, 0.3) is 0 Å². The second kappa shape index (κ2) is 7.58. The number of halogens is 1. The average Bonchev–Trinajstić information content (AvgIpc) is 2.99. The third kappa shape index (κ3) is 2.78. The molecule has 0 aliphatic heterocycles. The molecule has 5 fully saturated rings. The predicted octanol–water partition coefficient (Wildman–Crippen LogP) is 7.20. The molecule has 5 rings (SSSR count). The van der Waals surface area contributed by atoms with Gasteiger partial charge in [0.2, 0.25) is 0 Å². The highest BCUT2D eigenvalue weighted by molar-refractivity contribution is 5.85. The molecule has 0 aromatic rings. The molecule has 0 heterocycles. The van der Waals surface area contributed by atoms with Crippen LogP contribution >= 0.6 is 12.4 Å². The molecule has 0 spiro atoms. The van der Waals surface area contributed by atoms with Crippen molar-refractivity contribution < 1.29 is 4.79 Å². The van der Waals surface area contributed by atoms with Crippen LogP contribution in [0.25, 0.3) is 0 Å². The van der Waals surface area contributed by atoms with Gasteiger partial charge in [-0.25, -0.2) is 0 Å². The lowest BCUT2D eigenvalue weighted by atomic mass is 9.32. The van der Waals surface area contributed by atoms with Crippen molar-refractivity contribution in [2.45, 2.75) is 105 Å². The summed E-state index contributed by atoms with van der Waals surface area (Å²) in [5.41, 5.74) is 9.28. The van der Waals surface area contributed by atoms with E-state index in [1.54, 1.807) is 0 Å². The number of carbonyl (C=O) groups excluding carboxylic acids is 1.